The van der Waals surface area contributed by atoms with Crippen LogP contribution in [0, 0.1) is 5.92 Å². The van der Waals surface area contributed by atoms with Crippen LogP contribution in [-0.4, -0.2) is 50.2 Å². The number of methoxy groups -OCH3 is 1. The molecule has 2 aromatic rings. The Hall–Kier alpha value is -1.93. The predicted octanol–water partition coefficient (Wildman–Crippen LogP) is 2.27. The Morgan fingerprint density at radius 2 is 1.64 bits per heavy atom. The van der Waals surface area contributed by atoms with Crippen molar-refractivity contribution in [3.05, 3.63) is 60.2 Å². The van der Waals surface area contributed by atoms with Crippen LogP contribution in [-0.2, 0) is 16.4 Å². The molecule has 0 aromatic heterocycles. The van der Waals surface area contributed by atoms with Gasteiger partial charge < -0.3 is 15.6 Å². The van der Waals surface area contributed by atoms with E-state index in [-0.39, 0.29) is 17.4 Å². The van der Waals surface area contributed by atoms with E-state index in [1.54, 1.807) is 12.1 Å². The lowest BCUT2D eigenvalue weighted by Gasteiger charge is -2.28. The van der Waals surface area contributed by atoms with Crippen molar-refractivity contribution in [3.63, 3.8) is 0 Å². The Bertz CT molecular complexity index is 823. The fourth-order valence-electron chi connectivity index (χ4n) is 2.94. The molecule has 2 aromatic carbocycles. The molecule has 0 spiro atoms. The highest BCUT2D eigenvalue weighted by molar-refractivity contribution is 7.89. The van der Waals surface area contributed by atoms with E-state index in [1.165, 1.54) is 23.5 Å². The lowest BCUT2D eigenvalue weighted by Crippen LogP contribution is -2.47. The maximum Gasteiger partial charge on any atom is 0.243 e. The summed E-state index contributed by atoms with van der Waals surface area (Å²) in [6.45, 7) is 4.11. The van der Waals surface area contributed by atoms with Gasteiger partial charge in [0.05, 0.1) is 18.1 Å². The van der Waals surface area contributed by atoms with Crippen molar-refractivity contribution >= 4 is 10.0 Å². The summed E-state index contributed by atoms with van der Waals surface area (Å²) in [6, 6.07) is 15.3. The van der Waals surface area contributed by atoms with Crippen LogP contribution in [0.2, 0.25) is 0 Å². The molecular weight excluding hydrogens is 376 g/mol. The van der Waals surface area contributed by atoms with E-state index in [0.29, 0.717) is 18.7 Å². The third kappa shape index (κ3) is 6.04. The van der Waals surface area contributed by atoms with Crippen LogP contribution in [0.5, 0.6) is 5.75 Å². The minimum Gasteiger partial charge on any atom is -0.497 e. The highest BCUT2D eigenvalue weighted by Crippen LogP contribution is 2.21. The molecule has 6 nitrogen and oxygen atoms in total. The number of ether oxygens (including phenoxy) is 1. The van der Waals surface area contributed by atoms with Crippen molar-refractivity contribution in [2.24, 2.45) is 11.7 Å². The number of rotatable bonds is 10. The largest absolute Gasteiger partial charge is 0.497 e. The Kier molecular flexibility index (Phi) is 8.00. The molecule has 0 aliphatic heterocycles. The van der Waals surface area contributed by atoms with E-state index in [9.17, 15) is 13.5 Å². The van der Waals surface area contributed by atoms with E-state index < -0.39 is 22.2 Å². The average Bonchev–Trinajstić information content (AvgIpc) is 2.67. The lowest BCUT2D eigenvalue weighted by atomic mass is 10.0. The minimum absolute atomic E-state index is 0.0550. The summed E-state index contributed by atoms with van der Waals surface area (Å²) in [6.07, 6.45) is -0.507. The molecule has 28 heavy (non-hydrogen) atoms. The number of hydrogen-bond donors (Lipinski definition) is 2. The predicted molar refractivity (Wildman–Crippen MR) is 111 cm³/mol. The molecule has 2 atom stereocenters. The van der Waals surface area contributed by atoms with Crippen molar-refractivity contribution in [1.29, 1.82) is 0 Å². The quantitative estimate of drug-likeness (QED) is 0.631. The Morgan fingerprint density at radius 3 is 2.18 bits per heavy atom. The maximum atomic E-state index is 13.1. The van der Waals surface area contributed by atoms with Gasteiger partial charge in [0.15, 0.2) is 0 Å². The topological polar surface area (TPSA) is 92.9 Å². The first-order valence-corrected chi connectivity index (χ1v) is 10.8. The second-order valence-electron chi connectivity index (χ2n) is 7.31. The number of benzene rings is 2. The van der Waals surface area contributed by atoms with Crippen LogP contribution < -0.4 is 10.5 Å². The summed E-state index contributed by atoms with van der Waals surface area (Å²) >= 11 is 0. The minimum atomic E-state index is -3.76. The van der Waals surface area contributed by atoms with Gasteiger partial charge in [0.2, 0.25) is 10.0 Å². The molecule has 3 N–H and O–H groups in total. The van der Waals surface area contributed by atoms with Gasteiger partial charge in [0, 0.05) is 19.1 Å². The summed E-state index contributed by atoms with van der Waals surface area (Å²) in [4.78, 5) is 0.165. The first-order chi connectivity index (χ1) is 13.2. The zero-order valence-corrected chi connectivity index (χ0v) is 17.5. The van der Waals surface area contributed by atoms with Gasteiger partial charge in [-0.2, -0.15) is 4.31 Å². The highest BCUT2D eigenvalue weighted by Gasteiger charge is 2.29. The van der Waals surface area contributed by atoms with Gasteiger partial charge in [-0.15, -0.1) is 0 Å². The van der Waals surface area contributed by atoms with Gasteiger partial charge in [0.1, 0.15) is 5.75 Å². The monoisotopic (exact) mass is 406 g/mol. The first kappa shape index (κ1) is 22.4. The van der Waals surface area contributed by atoms with Gasteiger partial charge in [0.25, 0.3) is 0 Å². The maximum absolute atomic E-state index is 13.1. The summed E-state index contributed by atoms with van der Waals surface area (Å²) < 4.78 is 32.6. The molecule has 154 valence electrons. The molecule has 1 unspecified atom stereocenters. The number of nitrogens with zero attached hydrogens (tertiary/aromatic N) is 1. The molecule has 0 radical (unpaired) electrons. The summed E-state index contributed by atoms with van der Waals surface area (Å²) in [5.41, 5.74) is 7.16. The Labute approximate surface area is 168 Å². The lowest BCUT2D eigenvalue weighted by molar-refractivity contribution is 0.116. The molecule has 0 amide bonds. The number of nitrogens with two attached hydrogens (primary N) is 1. The SMILES string of the molecule is COc1ccc(S(=O)(=O)N(CC(C)C)CC(O)[C@@H](N)Cc2ccccc2)cc1. The summed E-state index contributed by atoms with van der Waals surface area (Å²) in [5.74, 6) is 0.685. The fourth-order valence-corrected chi connectivity index (χ4v) is 4.56. The smallest absolute Gasteiger partial charge is 0.243 e. The van der Waals surface area contributed by atoms with Crippen LogP contribution >= 0.6 is 0 Å². The van der Waals surface area contributed by atoms with Crippen LogP contribution in [0.4, 0.5) is 0 Å². The van der Waals surface area contributed by atoms with E-state index in [4.69, 9.17) is 10.5 Å². The summed E-state index contributed by atoms with van der Waals surface area (Å²) in [7, 11) is -2.23. The second kappa shape index (κ2) is 10.0. The third-order valence-electron chi connectivity index (χ3n) is 4.47. The molecule has 7 heteroatoms. The highest BCUT2D eigenvalue weighted by atomic mass is 32.2. The zero-order valence-electron chi connectivity index (χ0n) is 16.7. The number of aliphatic hydroxyl groups is 1. The van der Waals surface area contributed by atoms with Crippen LogP contribution in [0.1, 0.15) is 19.4 Å². The van der Waals surface area contributed by atoms with Gasteiger partial charge in [-0.1, -0.05) is 44.2 Å². The molecule has 0 saturated carbocycles. The molecule has 0 saturated heterocycles. The molecule has 0 aliphatic rings. The Balaban J connectivity index is 2.17. The molecule has 0 fully saturated rings. The van der Waals surface area contributed by atoms with Crippen molar-refractivity contribution < 1.29 is 18.3 Å². The van der Waals surface area contributed by atoms with Gasteiger partial charge >= 0.3 is 0 Å². The summed E-state index contributed by atoms with van der Waals surface area (Å²) in [5, 5.41) is 10.6. The first-order valence-electron chi connectivity index (χ1n) is 9.35. The molecule has 2 rings (SSSR count). The van der Waals surface area contributed by atoms with E-state index in [2.05, 4.69) is 0 Å². The zero-order chi connectivity index (χ0) is 20.7. The van der Waals surface area contributed by atoms with Crippen LogP contribution in [0.25, 0.3) is 0 Å². The molecule has 0 heterocycles. The van der Waals surface area contributed by atoms with Gasteiger partial charge in [-0.25, -0.2) is 8.42 Å². The third-order valence-corrected chi connectivity index (χ3v) is 6.31. The average molecular weight is 407 g/mol. The number of sulfonamides is 1. The van der Waals surface area contributed by atoms with Crippen molar-refractivity contribution in [2.45, 2.75) is 37.3 Å². The van der Waals surface area contributed by atoms with Crippen LogP contribution in [0.3, 0.4) is 0 Å². The number of aliphatic hydroxyl groups excluding tert-OH is 1. The standard InChI is InChI=1S/C21H30N2O4S/c1-16(2)14-23(28(25,26)19-11-9-18(27-3)10-12-19)15-21(24)20(22)13-17-7-5-4-6-8-17/h4-12,16,20-21,24H,13-15,22H2,1-3H3/t20-,21?/m0/s1. The fraction of sp³-hybridized carbons (Fsp3) is 0.429. The number of hydrogen-bond acceptors (Lipinski definition) is 5. The van der Waals surface area contributed by atoms with Gasteiger partial charge in [-0.3, -0.25) is 0 Å². The van der Waals surface area contributed by atoms with Crippen LogP contribution in [0.15, 0.2) is 59.5 Å². The van der Waals surface area contributed by atoms with Crippen molar-refractivity contribution in [1.82, 2.24) is 4.31 Å². The molecule has 0 aliphatic carbocycles. The van der Waals surface area contributed by atoms with Gasteiger partial charge in [-0.05, 0) is 42.2 Å². The normalized spacial score (nSPS) is 14.2. The van der Waals surface area contributed by atoms with E-state index >= 15 is 0 Å². The molecular formula is C21H30N2O4S. The molecule has 0 bridgehead atoms. The van der Waals surface area contributed by atoms with E-state index in [1.807, 2.05) is 44.2 Å². The van der Waals surface area contributed by atoms with E-state index in [0.717, 1.165) is 5.56 Å². The second-order valence-corrected chi connectivity index (χ2v) is 9.25. The van der Waals surface area contributed by atoms with Crippen molar-refractivity contribution in [3.8, 4) is 5.75 Å². The van der Waals surface area contributed by atoms with Crippen molar-refractivity contribution in [2.75, 3.05) is 20.2 Å². The Morgan fingerprint density at radius 1 is 1.04 bits per heavy atom.